The molecule has 1 heterocycles. The van der Waals surface area contributed by atoms with Crippen molar-refractivity contribution < 1.29 is 0 Å². The van der Waals surface area contributed by atoms with Crippen molar-refractivity contribution in [2.75, 3.05) is 0 Å². The predicted molar refractivity (Wildman–Crippen MR) is 68.3 cm³/mol. The number of hydrogen-bond acceptors (Lipinski definition) is 2. The molecular formula is C14H13ClN2. The topological polar surface area (TPSA) is 25.8 Å². The third-order valence-electron chi connectivity index (χ3n) is 3.32. The number of aromatic nitrogens is 2. The van der Waals surface area contributed by atoms with Crippen molar-refractivity contribution in [3.63, 3.8) is 0 Å². The fraction of sp³-hybridized carbons (Fsp3) is 0.286. The number of nitrogens with zero attached hydrogens (tertiary/aromatic N) is 2. The van der Waals surface area contributed by atoms with Crippen molar-refractivity contribution in [1.29, 1.82) is 0 Å². The highest BCUT2D eigenvalue weighted by Gasteiger charge is 2.16. The summed E-state index contributed by atoms with van der Waals surface area (Å²) in [6.45, 7) is 0. The lowest BCUT2D eigenvalue weighted by molar-refractivity contribution is 0.889. The predicted octanol–water partition coefficient (Wildman–Crippen LogP) is 3.21. The average molecular weight is 245 g/mol. The summed E-state index contributed by atoms with van der Waals surface area (Å²) >= 11 is 6.18. The maximum absolute atomic E-state index is 6.18. The minimum Gasteiger partial charge on any atom is -0.159 e. The lowest BCUT2D eigenvalue weighted by atomic mass is 10.0. The Balaban J connectivity index is 1.97. The smallest absolute Gasteiger partial charge is 0.0710 e. The van der Waals surface area contributed by atoms with E-state index in [1.165, 1.54) is 17.5 Å². The molecule has 0 unspecified atom stereocenters. The van der Waals surface area contributed by atoms with Gasteiger partial charge in [-0.2, -0.15) is 10.2 Å². The van der Waals surface area contributed by atoms with Gasteiger partial charge in [-0.1, -0.05) is 29.8 Å². The Morgan fingerprint density at radius 3 is 2.94 bits per heavy atom. The maximum Gasteiger partial charge on any atom is 0.0710 e. The van der Waals surface area contributed by atoms with E-state index in [1.807, 2.05) is 24.4 Å². The van der Waals surface area contributed by atoms with Crippen molar-refractivity contribution in [3.05, 3.63) is 57.9 Å². The van der Waals surface area contributed by atoms with Gasteiger partial charge in [-0.25, -0.2) is 0 Å². The van der Waals surface area contributed by atoms with Crippen LogP contribution in [-0.4, -0.2) is 10.2 Å². The lowest BCUT2D eigenvalue weighted by Gasteiger charge is -2.07. The molecule has 0 atom stereocenters. The molecule has 0 bridgehead atoms. The average Bonchev–Trinajstić information content (AvgIpc) is 2.81. The molecule has 1 aromatic carbocycles. The van der Waals surface area contributed by atoms with Gasteiger partial charge in [0.05, 0.1) is 11.9 Å². The minimum absolute atomic E-state index is 0.788. The molecule has 1 aliphatic rings. The van der Waals surface area contributed by atoms with Crippen molar-refractivity contribution in [2.45, 2.75) is 25.7 Å². The third-order valence-corrected chi connectivity index (χ3v) is 3.69. The van der Waals surface area contributed by atoms with Crippen molar-refractivity contribution in [1.82, 2.24) is 10.2 Å². The van der Waals surface area contributed by atoms with E-state index in [0.29, 0.717) is 0 Å². The molecule has 1 aromatic heterocycles. The van der Waals surface area contributed by atoms with E-state index in [-0.39, 0.29) is 0 Å². The summed E-state index contributed by atoms with van der Waals surface area (Å²) in [4.78, 5) is 0. The largest absolute Gasteiger partial charge is 0.159 e. The summed E-state index contributed by atoms with van der Waals surface area (Å²) in [5, 5.41) is 9.18. The van der Waals surface area contributed by atoms with E-state index in [2.05, 4.69) is 16.3 Å². The number of rotatable bonds is 2. The van der Waals surface area contributed by atoms with Crippen LogP contribution >= 0.6 is 11.6 Å². The Morgan fingerprint density at radius 2 is 2.06 bits per heavy atom. The zero-order chi connectivity index (χ0) is 11.7. The van der Waals surface area contributed by atoms with Gasteiger partial charge in [-0.05, 0) is 42.0 Å². The molecule has 3 heteroatoms. The molecule has 2 nitrogen and oxygen atoms in total. The second-order valence-corrected chi connectivity index (χ2v) is 4.82. The highest BCUT2D eigenvalue weighted by atomic mass is 35.5. The van der Waals surface area contributed by atoms with Crippen LogP contribution in [0.3, 0.4) is 0 Å². The normalized spacial score (nSPS) is 13.7. The molecule has 3 rings (SSSR count). The van der Waals surface area contributed by atoms with Gasteiger partial charge in [0.25, 0.3) is 0 Å². The number of halogens is 1. The monoisotopic (exact) mass is 244 g/mol. The molecule has 1 aliphatic carbocycles. The molecule has 0 fully saturated rings. The van der Waals surface area contributed by atoms with Crippen LogP contribution in [0.15, 0.2) is 30.5 Å². The summed E-state index contributed by atoms with van der Waals surface area (Å²) < 4.78 is 0. The molecule has 0 radical (unpaired) electrons. The molecule has 86 valence electrons. The van der Waals surface area contributed by atoms with E-state index in [1.54, 1.807) is 0 Å². The van der Waals surface area contributed by atoms with Crippen molar-refractivity contribution in [2.24, 2.45) is 0 Å². The summed E-state index contributed by atoms with van der Waals surface area (Å²) in [7, 11) is 0. The van der Waals surface area contributed by atoms with E-state index >= 15 is 0 Å². The van der Waals surface area contributed by atoms with E-state index < -0.39 is 0 Å². The Labute approximate surface area is 106 Å². The first-order chi connectivity index (χ1) is 8.34. The maximum atomic E-state index is 6.18. The minimum atomic E-state index is 0.788. The second kappa shape index (κ2) is 4.46. The Morgan fingerprint density at radius 1 is 1.18 bits per heavy atom. The molecule has 0 amide bonds. The Hall–Kier alpha value is -1.41. The van der Waals surface area contributed by atoms with E-state index in [9.17, 15) is 0 Å². The van der Waals surface area contributed by atoms with Gasteiger partial charge < -0.3 is 0 Å². The fourth-order valence-electron chi connectivity index (χ4n) is 2.43. The zero-order valence-electron chi connectivity index (χ0n) is 9.49. The van der Waals surface area contributed by atoms with Crippen LogP contribution < -0.4 is 0 Å². The zero-order valence-corrected chi connectivity index (χ0v) is 10.2. The van der Waals surface area contributed by atoms with Gasteiger partial charge in [0, 0.05) is 11.4 Å². The molecule has 0 saturated carbocycles. The van der Waals surface area contributed by atoms with Gasteiger partial charge >= 0.3 is 0 Å². The first kappa shape index (κ1) is 10.7. The molecule has 0 aliphatic heterocycles. The first-order valence-corrected chi connectivity index (χ1v) is 6.28. The highest BCUT2D eigenvalue weighted by Crippen LogP contribution is 2.26. The van der Waals surface area contributed by atoms with Gasteiger partial charge in [-0.15, -0.1) is 0 Å². The van der Waals surface area contributed by atoms with Gasteiger partial charge in [-0.3, -0.25) is 0 Å². The first-order valence-electron chi connectivity index (χ1n) is 5.90. The van der Waals surface area contributed by atoms with Crippen LogP contribution in [-0.2, 0) is 19.3 Å². The van der Waals surface area contributed by atoms with Crippen molar-refractivity contribution in [3.8, 4) is 0 Å². The summed E-state index contributed by atoms with van der Waals surface area (Å²) in [5.74, 6) is 0. The van der Waals surface area contributed by atoms with Crippen molar-refractivity contribution >= 4 is 11.6 Å². The van der Waals surface area contributed by atoms with Crippen LogP contribution in [0.4, 0.5) is 0 Å². The van der Waals surface area contributed by atoms with Crippen LogP contribution in [0.2, 0.25) is 5.02 Å². The standard InChI is InChI=1S/C14H13ClN2/c15-13-7-2-1-4-10(13)8-14-12-6-3-5-11(12)9-16-17-14/h1-2,4,7,9H,3,5-6,8H2. The van der Waals surface area contributed by atoms with Crippen LogP contribution in [0, 0.1) is 0 Å². The summed E-state index contributed by atoms with van der Waals surface area (Å²) in [6.07, 6.45) is 6.18. The molecule has 0 N–H and O–H groups in total. The third kappa shape index (κ3) is 2.05. The van der Waals surface area contributed by atoms with Gasteiger partial charge in [0.1, 0.15) is 0 Å². The van der Waals surface area contributed by atoms with Crippen LogP contribution in [0.1, 0.15) is 28.8 Å². The van der Waals surface area contributed by atoms with E-state index in [0.717, 1.165) is 35.5 Å². The summed E-state index contributed by atoms with van der Waals surface area (Å²) in [6, 6.07) is 7.94. The van der Waals surface area contributed by atoms with Gasteiger partial charge in [0.2, 0.25) is 0 Å². The number of benzene rings is 1. The number of aryl methyl sites for hydroxylation is 1. The highest BCUT2D eigenvalue weighted by molar-refractivity contribution is 6.31. The number of hydrogen-bond donors (Lipinski definition) is 0. The Bertz CT molecular complexity index is 552. The van der Waals surface area contributed by atoms with Crippen LogP contribution in [0.5, 0.6) is 0 Å². The molecular weight excluding hydrogens is 232 g/mol. The molecule has 17 heavy (non-hydrogen) atoms. The second-order valence-electron chi connectivity index (χ2n) is 4.42. The lowest BCUT2D eigenvalue weighted by Crippen LogP contribution is -2.01. The molecule has 2 aromatic rings. The van der Waals surface area contributed by atoms with Crippen LogP contribution in [0.25, 0.3) is 0 Å². The fourth-order valence-corrected chi connectivity index (χ4v) is 2.63. The Kier molecular flexibility index (Phi) is 2.81. The summed E-state index contributed by atoms with van der Waals surface area (Å²) in [5.41, 5.74) is 4.97. The van der Waals surface area contributed by atoms with E-state index in [4.69, 9.17) is 11.6 Å². The molecule has 0 spiro atoms. The van der Waals surface area contributed by atoms with Gasteiger partial charge in [0.15, 0.2) is 0 Å². The SMILES string of the molecule is Clc1ccccc1Cc1nncc2c1CCC2. The number of fused-ring (bicyclic) bond motifs is 1. The molecule has 0 saturated heterocycles. The quantitative estimate of drug-likeness (QED) is 0.811.